The molecule has 108 valence electrons. The Morgan fingerprint density at radius 1 is 1.06 bits per heavy atom. The van der Waals surface area contributed by atoms with Crippen LogP contribution in [0.25, 0.3) is 0 Å². The molecule has 0 atom stereocenters. The van der Waals surface area contributed by atoms with Gasteiger partial charge in [0, 0.05) is 0 Å². The van der Waals surface area contributed by atoms with Gasteiger partial charge in [0.2, 0.25) is 0 Å². The first-order chi connectivity index (χ1) is 7.69. The van der Waals surface area contributed by atoms with Gasteiger partial charge in [0.15, 0.2) is 0 Å². The topological polar surface area (TPSA) is 46.5 Å². The summed E-state index contributed by atoms with van der Waals surface area (Å²) in [5.41, 5.74) is -1.58. The normalized spacial score (nSPS) is 14.6. The quantitative estimate of drug-likeness (QED) is 0.492. The summed E-state index contributed by atoms with van der Waals surface area (Å²) in [5.74, 6) is -7.29. The Morgan fingerprint density at radius 2 is 1.39 bits per heavy atom. The Balaban J connectivity index is 5.39. The molecule has 0 saturated heterocycles. The molecule has 0 fully saturated rings. The van der Waals surface area contributed by atoms with Crippen LogP contribution in [-0.4, -0.2) is 29.2 Å². The fourth-order valence-corrected chi connectivity index (χ4v) is 0.693. The molecule has 1 N–H and O–H groups in total. The molecule has 0 aliphatic heterocycles. The third-order valence-electron chi connectivity index (χ3n) is 2.45. The Bertz CT molecular complexity index is 303. The number of rotatable bonds is 3. The van der Waals surface area contributed by atoms with Crippen molar-refractivity contribution in [2.75, 3.05) is 0 Å². The molecule has 0 heterocycles. The summed E-state index contributed by atoms with van der Waals surface area (Å²) >= 11 is 0. The highest BCUT2D eigenvalue weighted by atomic mass is 19.4. The van der Waals surface area contributed by atoms with Gasteiger partial charge in [-0.05, 0) is 20.3 Å². The lowest BCUT2D eigenvalue weighted by atomic mass is 9.90. The Morgan fingerprint density at radius 3 is 1.61 bits per heavy atom. The molecule has 0 aliphatic carbocycles. The lowest BCUT2D eigenvalue weighted by molar-refractivity contribution is -0.446. The van der Waals surface area contributed by atoms with Gasteiger partial charge in [-0.1, -0.05) is 6.92 Å². The van der Waals surface area contributed by atoms with E-state index < -0.39 is 29.5 Å². The monoisotopic (exact) mass is 282 g/mol. The van der Waals surface area contributed by atoms with Gasteiger partial charge >= 0.3 is 24.1 Å². The summed E-state index contributed by atoms with van der Waals surface area (Å²) in [7, 11) is 0. The second-order valence-electron chi connectivity index (χ2n) is 4.27. The van der Waals surface area contributed by atoms with E-state index in [9.17, 15) is 31.1 Å². The standard InChI is InChI=1S/C9H12F6O3/c1-4-6(2,3)5(16)18-7(17,8(10,11)12)9(13,14)15/h17H,4H2,1-3H3. The minimum Gasteiger partial charge on any atom is -0.415 e. The van der Waals surface area contributed by atoms with Gasteiger partial charge in [-0.25, -0.2) is 0 Å². The van der Waals surface area contributed by atoms with E-state index in [1.165, 1.54) is 6.92 Å². The van der Waals surface area contributed by atoms with Crippen LogP contribution in [0.4, 0.5) is 26.3 Å². The fraction of sp³-hybridized carbons (Fsp3) is 0.889. The summed E-state index contributed by atoms with van der Waals surface area (Å²) in [6.45, 7) is 3.58. The molecule has 0 amide bonds. The van der Waals surface area contributed by atoms with Crippen molar-refractivity contribution in [2.45, 2.75) is 45.3 Å². The zero-order chi connectivity index (χ0) is 15.0. The highest BCUT2D eigenvalue weighted by Crippen LogP contribution is 2.45. The average molecular weight is 282 g/mol. The van der Waals surface area contributed by atoms with Crippen molar-refractivity contribution in [3.63, 3.8) is 0 Å². The molecular formula is C9H12F6O3. The van der Waals surface area contributed by atoms with Gasteiger partial charge in [-0.2, -0.15) is 26.3 Å². The maximum Gasteiger partial charge on any atom is 0.465 e. The number of carbonyl (C=O) groups is 1. The van der Waals surface area contributed by atoms with Gasteiger partial charge in [-0.15, -0.1) is 0 Å². The third kappa shape index (κ3) is 3.06. The van der Waals surface area contributed by atoms with Crippen molar-refractivity contribution in [1.29, 1.82) is 0 Å². The Kier molecular flexibility index (Phi) is 4.34. The first-order valence-electron chi connectivity index (χ1n) is 4.78. The van der Waals surface area contributed by atoms with E-state index in [2.05, 4.69) is 4.74 Å². The molecule has 0 rings (SSSR count). The van der Waals surface area contributed by atoms with Gasteiger partial charge in [0.25, 0.3) is 0 Å². The molecule has 0 radical (unpaired) electrons. The largest absolute Gasteiger partial charge is 0.465 e. The van der Waals surface area contributed by atoms with Crippen LogP contribution in [0.1, 0.15) is 27.2 Å². The number of alkyl halides is 6. The lowest BCUT2D eigenvalue weighted by Gasteiger charge is -2.33. The number of carbonyl (C=O) groups excluding carboxylic acids is 1. The van der Waals surface area contributed by atoms with Crippen LogP contribution in [0.15, 0.2) is 0 Å². The maximum absolute atomic E-state index is 12.2. The van der Waals surface area contributed by atoms with Crippen LogP contribution < -0.4 is 0 Å². The zero-order valence-corrected chi connectivity index (χ0v) is 9.74. The molecule has 0 unspecified atom stereocenters. The van der Waals surface area contributed by atoms with Crippen LogP contribution in [0.3, 0.4) is 0 Å². The summed E-state index contributed by atoms with van der Waals surface area (Å²) in [5, 5.41) is 8.62. The van der Waals surface area contributed by atoms with E-state index in [1.807, 2.05) is 0 Å². The molecule has 0 bridgehead atoms. The highest BCUT2D eigenvalue weighted by Gasteiger charge is 2.75. The molecule has 0 aliphatic rings. The van der Waals surface area contributed by atoms with Gasteiger partial charge < -0.3 is 9.84 Å². The number of hydrogen-bond donors (Lipinski definition) is 1. The van der Waals surface area contributed by atoms with Crippen LogP contribution in [-0.2, 0) is 9.53 Å². The number of hydrogen-bond acceptors (Lipinski definition) is 3. The zero-order valence-electron chi connectivity index (χ0n) is 9.74. The van der Waals surface area contributed by atoms with Crippen LogP contribution in [0, 0.1) is 5.41 Å². The minimum absolute atomic E-state index is 0.0579. The van der Waals surface area contributed by atoms with Gasteiger partial charge in [0.05, 0.1) is 5.41 Å². The summed E-state index contributed by atoms with van der Waals surface area (Å²) in [4.78, 5) is 11.2. The van der Waals surface area contributed by atoms with Crippen molar-refractivity contribution < 1.29 is 41.0 Å². The van der Waals surface area contributed by atoms with E-state index in [0.717, 1.165) is 13.8 Å². The van der Waals surface area contributed by atoms with Gasteiger partial charge in [-0.3, -0.25) is 4.79 Å². The van der Waals surface area contributed by atoms with Crippen LogP contribution in [0.5, 0.6) is 0 Å². The first-order valence-corrected chi connectivity index (χ1v) is 4.78. The van der Waals surface area contributed by atoms with Gasteiger partial charge in [0.1, 0.15) is 0 Å². The predicted molar refractivity (Wildman–Crippen MR) is 47.2 cm³/mol. The smallest absolute Gasteiger partial charge is 0.415 e. The summed E-state index contributed by atoms with van der Waals surface area (Å²) in [6, 6.07) is 0. The van der Waals surface area contributed by atoms with Crippen molar-refractivity contribution in [3.8, 4) is 0 Å². The minimum atomic E-state index is -6.18. The Labute approximate surface area is 98.7 Å². The lowest BCUT2D eigenvalue weighted by Crippen LogP contribution is -2.60. The maximum atomic E-state index is 12.2. The molecule has 9 heteroatoms. The van der Waals surface area contributed by atoms with Crippen molar-refractivity contribution in [2.24, 2.45) is 5.41 Å². The SMILES string of the molecule is CCC(C)(C)C(=O)OC(O)(C(F)(F)F)C(F)(F)F. The molecule has 0 aromatic heterocycles. The number of aliphatic hydroxyl groups is 1. The van der Waals surface area contributed by atoms with Crippen molar-refractivity contribution in [1.82, 2.24) is 0 Å². The molecule has 0 spiro atoms. The summed E-state index contributed by atoms with van der Waals surface area (Å²) in [6.07, 6.45) is -12.4. The van der Waals surface area contributed by atoms with Crippen LogP contribution in [0.2, 0.25) is 0 Å². The highest BCUT2D eigenvalue weighted by molar-refractivity contribution is 5.76. The first kappa shape index (κ1) is 17.0. The molecule has 0 saturated carbocycles. The summed E-state index contributed by atoms with van der Waals surface area (Å²) < 4.78 is 76.5. The van der Waals surface area contributed by atoms with E-state index >= 15 is 0 Å². The van der Waals surface area contributed by atoms with E-state index in [4.69, 9.17) is 5.11 Å². The predicted octanol–water partition coefficient (Wildman–Crippen LogP) is 2.78. The second-order valence-corrected chi connectivity index (χ2v) is 4.27. The van der Waals surface area contributed by atoms with Crippen LogP contribution >= 0.6 is 0 Å². The average Bonchev–Trinajstić information content (AvgIpc) is 2.13. The third-order valence-corrected chi connectivity index (χ3v) is 2.45. The van der Waals surface area contributed by atoms with E-state index in [1.54, 1.807) is 0 Å². The molecule has 18 heavy (non-hydrogen) atoms. The van der Waals surface area contributed by atoms with E-state index in [0.29, 0.717) is 0 Å². The number of halogens is 6. The second kappa shape index (κ2) is 4.60. The molecule has 0 aromatic carbocycles. The molecule has 0 aromatic rings. The van der Waals surface area contributed by atoms with Crippen molar-refractivity contribution in [3.05, 3.63) is 0 Å². The molecule has 3 nitrogen and oxygen atoms in total. The Hall–Kier alpha value is -0.990. The number of esters is 1. The molecular weight excluding hydrogens is 270 g/mol. The van der Waals surface area contributed by atoms with Crippen molar-refractivity contribution >= 4 is 5.97 Å². The number of ether oxygens (including phenoxy) is 1. The van der Waals surface area contributed by atoms with E-state index in [-0.39, 0.29) is 6.42 Å². The fourth-order valence-electron chi connectivity index (χ4n) is 0.693.